The van der Waals surface area contributed by atoms with E-state index in [1.54, 1.807) is 0 Å². The zero-order chi connectivity index (χ0) is 10.7. The SMILES string of the molecule is C[C@H](C(=O)O)C(=O)c1ccc(F)cc1. The predicted octanol–water partition coefficient (Wildman–Crippen LogP) is 1.73. The van der Waals surface area contributed by atoms with Crippen LogP contribution in [0, 0.1) is 11.7 Å². The zero-order valence-electron chi connectivity index (χ0n) is 7.53. The number of ketones is 1. The summed E-state index contributed by atoms with van der Waals surface area (Å²) in [5, 5.41) is 8.57. The minimum absolute atomic E-state index is 0.210. The van der Waals surface area contributed by atoms with Crippen molar-refractivity contribution < 1.29 is 19.1 Å². The van der Waals surface area contributed by atoms with Crippen molar-refractivity contribution in [2.45, 2.75) is 6.92 Å². The average Bonchev–Trinajstić information content (AvgIpc) is 2.16. The van der Waals surface area contributed by atoms with E-state index in [-0.39, 0.29) is 5.56 Å². The number of carboxylic acid groups (broad SMARTS) is 1. The molecule has 0 fully saturated rings. The van der Waals surface area contributed by atoms with Crippen molar-refractivity contribution in [3.05, 3.63) is 35.6 Å². The van der Waals surface area contributed by atoms with Crippen LogP contribution >= 0.6 is 0 Å². The summed E-state index contributed by atoms with van der Waals surface area (Å²) in [7, 11) is 0. The first-order valence-corrected chi connectivity index (χ1v) is 4.05. The molecule has 1 aromatic rings. The van der Waals surface area contributed by atoms with Crippen LogP contribution in [0.5, 0.6) is 0 Å². The number of aliphatic carboxylic acids is 1. The standard InChI is InChI=1S/C10H9FO3/c1-6(10(13)14)9(12)7-2-4-8(11)5-3-7/h2-6H,1H3,(H,13,14)/t6-/m0/s1. The van der Waals surface area contributed by atoms with Crippen LogP contribution in [-0.4, -0.2) is 16.9 Å². The topological polar surface area (TPSA) is 54.4 Å². The fraction of sp³-hybridized carbons (Fsp3) is 0.200. The van der Waals surface area contributed by atoms with Gasteiger partial charge in [-0.1, -0.05) is 0 Å². The van der Waals surface area contributed by atoms with E-state index in [0.29, 0.717) is 0 Å². The van der Waals surface area contributed by atoms with Crippen LogP contribution in [0.2, 0.25) is 0 Å². The Balaban J connectivity index is 2.90. The molecule has 0 radical (unpaired) electrons. The first-order valence-electron chi connectivity index (χ1n) is 4.05. The molecule has 4 heteroatoms. The van der Waals surface area contributed by atoms with Gasteiger partial charge in [-0.15, -0.1) is 0 Å². The number of carboxylic acids is 1. The van der Waals surface area contributed by atoms with Gasteiger partial charge in [0.05, 0.1) is 0 Å². The fourth-order valence-corrected chi connectivity index (χ4v) is 0.976. The van der Waals surface area contributed by atoms with Crippen LogP contribution in [0.4, 0.5) is 4.39 Å². The van der Waals surface area contributed by atoms with Gasteiger partial charge in [0.25, 0.3) is 0 Å². The van der Waals surface area contributed by atoms with Gasteiger partial charge in [0, 0.05) is 5.56 Å². The third-order valence-electron chi connectivity index (χ3n) is 1.89. The minimum Gasteiger partial charge on any atom is -0.481 e. The number of hydrogen-bond acceptors (Lipinski definition) is 2. The predicted molar refractivity (Wildman–Crippen MR) is 47.5 cm³/mol. The second kappa shape index (κ2) is 4.00. The number of carbonyl (C=O) groups excluding carboxylic acids is 1. The van der Waals surface area contributed by atoms with Crippen molar-refractivity contribution in [1.82, 2.24) is 0 Å². The first-order chi connectivity index (χ1) is 6.52. The van der Waals surface area contributed by atoms with Gasteiger partial charge in [0.2, 0.25) is 0 Å². The molecule has 0 spiro atoms. The van der Waals surface area contributed by atoms with E-state index in [1.165, 1.54) is 19.1 Å². The molecule has 14 heavy (non-hydrogen) atoms. The van der Waals surface area contributed by atoms with Gasteiger partial charge in [-0.05, 0) is 31.2 Å². The van der Waals surface area contributed by atoms with Crippen molar-refractivity contribution in [3.8, 4) is 0 Å². The Bertz CT molecular complexity index is 356. The zero-order valence-corrected chi connectivity index (χ0v) is 7.53. The molecular formula is C10H9FO3. The highest BCUT2D eigenvalue weighted by molar-refractivity contribution is 6.07. The summed E-state index contributed by atoms with van der Waals surface area (Å²) in [4.78, 5) is 21.9. The van der Waals surface area contributed by atoms with Crippen molar-refractivity contribution in [3.63, 3.8) is 0 Å². The van der Waals surface area contributed by atoms with Crippen LogP contribution in [-0.2, 0) is 4.79 Å². The van der Waals surface area contributed by atoms with E-state index in [9.17, 15) is 14.0 Å². The molecular weight excluding hydrogens is 187 g/mol. The average molecular weight is 196 g/mol. The van der Waals surface area contributed by atoms with E-state index in [2.05, 4.69) is 0 Å². The second-order valence-electron chi connectivity index (χ2n) is 2.93. The Labute approximate surface area is 80.2 Å². The van der Waals surface area contributed by atoms with Gasteiger partial charge < -0.3 is 5.11 Å². The molecule has 0 aliphatic heterocycles. The maximum Gasteiger partial charge on any atom is 0.314 e. The van der Waals surface area contributed by atoms with Crippen molar-refractivity contribution in [2.24, 2.45) is 5.92 Å². The lowest BCUT2D eigenvalue weighted by Crippen LogP contribution is -2.20. The fourth-order valence-electron chi connectivity index (χ4n) is 0.976. The molecule has 1 N–H and O–H groups in total. The number of halogens is 1. The third kappa shape index (κ3) is 2.16. The summed E-state index contributed by atoms with van der Waals surface area (Å²) in [6.07, 6.45) is 0. The highest BCUT2D eigenvalue weighted by Crippen LogP contribution is 2.09. The molecule has 0 aromatic heterocycles. The highest BCUT2D eigenvalue weighted by Gasteiger charge is 2.21. The summed E-state index contributed by atoms with van der Waals surface area (Å²) in [6, 6.07) is 4.80. The Kier molecular flexibility index (Phi) is 2.96. The molecule has 0 heterocycles. The van der Waals surface area contributed by atoms with Gasteiger partial charge in [0.1, 0.15) is 11.7 Å². The molecule has 1 aromatic carbocycles. The molecule has 0 saturated carbocycles. The van der Waals surface area contributed by atoms with Crippen LogP contribution < -0.4 is 0 Å². The Hall–Kier alpha value is -1.71. The first kappa shape index (κ1) is 10.4. The van der Waals surface area contributed by atoms with Gasteiger partial charge in [0.15, 0.2) is 5.78 Å². The molecule has 0 unspecified atom stereocenters. The molecule has 0 saturated heterocycles. The summed E-state index contributed by atoms with van der Waals surface area (Å²) in [5.41, 5.74) is 0.210. The van der Waals surface area contributed by atoms with E-state index in [1.807, 2.05) is 0 Å². The summed E-state index contributed by atoms with van der Waals surface area (Å²) < 4.78 is 12.5. The molecule has 1 atom stereocenters. The lowest BCUT2D eigenvalue weighted by Gasteiger charge is -2.04. The van der Waals surface area contributed by atoms with Crippen molar-refractivity contribution in [2.75, 3.05) is 0 Å². The van der Waals surface area contributed by atoms with E-state index < -0.39 is 23.5 Å². The van der Waals surface area contributed by atoms with Gasteiger partial charge in [-0.25, -0.2) is 4.39 Å². The highest BCUT2D eigenvalue weighted by atomic mass is 19.1. The number of Topliss-reactive ketones (excluding diaryl/α,β-unsaturated/α-hetero) is 1. The van der Waals surface area contributed by atoms with Crippen molar-refractivity contribution >= 4 is 11.8 Å². The second-order valence-corrected chi connectivity index (χ2v) is 2.93. The van der Waals surface area contributed by atoms with E-state index >= 15 is 0 Å². The lowest BCUT2D eigenvalue weighted by molar-refractivity contribution is -0.139. The van der Waals surface area contributed by atoms with Crippen LogP contribution in [0.3, 0.4) is 0 Å². The van der Waals surface area contributed by atoms with E-state index in [0.717, 1.165) is 12.1 Å². The maximum atomic E-state index is 12.5. The molecule has 1 rings (SSSR count). The largest absolute Gasteiger partial charge is 0.481 e. The van der Waals surface area contributed by atoms with Crippen molar-refractivity contribution in [1.29, 1.82) is 0 Å². The Morgan fingerprint density at radius 1 is 1.29 bits per heavy atom. The minimum atomic E-state index is -1.18. The Morgan fingerprint density at radius 3 is 2.21 bits per heavy atom. The van der Waals surface area contributed by atoms with E-state index in [4.69, 9.17) is 5.11 Å². The van der Waals surface area contributed by atoms with Crippen LogP contribution in [0.1, 0.15) is 17.3 Å². The number of benzene rings is 1. The van der Waals surface area contributed by atoms with Crippen LogP contribution in [0.25, 0.3) is 0 Å². The monoisotopic (exact) mass is 196 g/mol. The number of carbonyl (C=O) groups is 2. The van der Waals surface area contributed by atoms with Gasteiger partial charge >= 0.3 is 5.97 Å². The summed E-state index contributed by atoms with van der Waals surface area (Å²) >= 11 is 0. The molecule has 0 bridgehead atoms. The van der Waals surface area contributed by atoms with Gasteiger partial charge in [-0.3, -0.25) is 9.59 Å². The smallest absolute Gasteiger partial charge is 0.314 e. The lowest BCUT2D eigenvalue weighted by atomic mass is 10.00. The van der Waals surface area contributed by atoms with Crippen LogP contribution in [0.15, 0.2) is 24.3 Å². The molecule has 0 aliphatic carbocycles. The molecule has 0 amide bonds. The normalized spacial score (nSPS) is 12.1. The molecule has 0 aliphatic rings. The van der Waals surface area contributed by atoms with Gasteiger partial charge in [-0.2, -0.15) is 0 Å². The third-order valence-corrected chi connectivity index (χ3v) is 1.89. The molecule has 74 valence electrons. The summed E-state index contributed by atoms with van der Waals surface area (Å²) in [6.45, 7) is 1.30. The quantitative estimate of drug-likeness (QED) is 0.591. The Morgan fingerprint density at radius 2 is 1.79 bits per heavy atom. The number of rotatable bonds is 3. The number of hydrogen-bond donors (Lipinski definition) is 1. The maximum absolute atomic E-state index is 12.5. The summed E-state index contributed by atoms with van der Waals surface area (Å²) in [5.74, 6) is -3.25. The molecule has 3 nitrogen and oxygen atoms in total.